The molecule has 0 aliphatic carbocycles. The molecule has 1 N–H and O–H groups in total. The van der Waals surface area contributed by atoms with Gasteiger partial charge in [0.15, 0.2) is 6.73 Å². The van der Waals surface area contributed by atoms with E-state index < -0.39 is 66.1 Å². The van der Waals surface area contributed by atoms with Gasteiger partial charge in [-0.1, -0.05) is 17.7 Å². The lowest BCUT2D eigenvalue weighted by Gasteiger charge is -2.23. The summed E-state index contributed by atoms with van der Waals surface area (Å²) in [4.78, 5) is 36.1. The molecule has 33 heavy (non-hydrogen) atoms. The first-order valence-electron chi connectivity index (χ1n) is 9.33. The van der Waals surface area contributed by atoms with E-state index in [1.54, 1.807) is 0 Å². The number of carbonyl (C=O) groups is 3. The predicted octanol–water partition coefficient (Wildman–Crippen LogP) is 4.29. The van der Waals surface area contributed by atoms with Crippen LogP contribution in [-0.2, 0) is 31.0 Å². The van der Waals surface area contributed by atoms with Gasteiger partial charge >= 0.3 is 18.1 Å². The molecule has 7 nitrogen and oxygen atoms in total. The SMILES string of the molecule is COc1ccc(Cl)cc1[C@]1(F)C(=O)N(COC(=O)CCC(=O)O)c2cc(C(F)(F)F)ccc21. The monoisotopic (exact) mass is 489 g/mol. The van der Waals surface area contributed by atoms with Gasteiger partial charge in [-0.3, -0.25) is 19.3 Å². The number of carbonyl (C=O) groups excluding carboxylic acids is 2. The number of aliphatic carboxylic acids is 1. The van der Waals surface area contributed by atoms with Crippen molar-refractivity contribution < 1.29 is 46.5 Å². The zero-order chi connectivity index (χ0) is 24.6. The van der Waals surface area contributed by atoms with Crippen LogP contribution in [-0.4, -0.2) is 36.8 Å². The van der Waals surface area contributed by atoms with Crippen LogP contribution in [0.3, 0.4) is 0 Å². The van der Waals surface area contributed by atoms with Gasteiger partial charge in [0.05, 0.1) is 31.2 Å². The van der Waals surface area contributed by atoms with Gasteiger partial charge in [0.2, 0.25) is 5.67 Å². The number of anilines is 1. The van der Waals surface area contributed by atoms with Crippen LogP contribution in [0.15, 0.2) is 36.4 Å². The van der Waals surface area contributed by atoms with E-state index in [-0.39, 0.29) is 16.3 Å². The minimum atomic E-state index is -4.79. The fourth-order valence-corrected chi connectivity index (χ4v) is 3.56. The molecular formula is C21H16ClF4NO6. The van der Waals surface area contributed by atoms with Crippen LogP contribution >= 0.6 is 11.6 Å². The number of amides is 1. The van der Waals surface area contributed by atoms with E-state index in [0.717, 1.165) is 12.1 Å². The van der Waals surface area contributed by atoms with Crippen LogP contribution in [0.4, 0.5) is 23.2 Å². The molecule has 1 aliphatic heterocycles. The number of rotatable bonds is 7. The topological polar surface area (TPSA) is 93.1 Å². The van der Waals surface area contributed by atoms with Gasteiger partial charge in [-0.25, -0.2) is 4.39 Å². The number of alkyl halides is 4. The highest BCUT2D eigenvalue weighted by Gasteiger charge is 2.55. The maximum Gasteiger partial charge on any atom is 0.416 e. The van der Waals surface area contributed by atoms with Crippen molar-refractivity contribution in [3.63, 3.8) is 0 Å². The summed E-state index contributed by atoms with van der Waals surface area (Å²) >= 11 is 5.96. The van der Waals surface area contributed by atoms with Gasteiger partial charge in [-0.2, -0.15) is 13.2 Å². The van der Waals surface area contributed by atoms with E-state index in [1.807, 2.05) is 0 Å². The third-order valence-electron chi connectivity index (χ3n) is 4.96. The van der Waals surface area contributed by atoms with Gasteiger partial charge in [0, 0.05) is 16.1 Å². The van der Waals surface area contributed by atoms with Crippen LogP contribution in [0.5, 0.6) is 5.75 Å². The Morgan fingerprint density at radius 1 is 1.12 bits per heavy atom. The fourth-order valence-electron chi connectivity index (χ4n) is 3.39. The maximum atomic E-state index is 16.5. The molecule has 0 radical (unpaired) electrons. The number of hydrogen-bond acceptors (Lipinski definition) is 5. The van der Waals surface area contributed by atoms with Gasteiger partial charge in [0.1, 0.15) is 5.75 Å². The average molecular weight is 490 g/mol. The molecule has 0 saturated carbocycles. The summed E-state index contributed by atoms with van der Waals surface area (Å²) in [5.74, 6) is -3.72. The van der Waals surface area contributed by atoms with Crippen molar-refractivity contribution in [1.82, 2.24) is 0 Å². The number of halogens is 5. The highest BCUT2D eigenvalue weighted by molar-refractivity contribution is 6.30. The average Bonchev–Trinajstić information content (AvgIpc) is 2.97. The van der Waals surface area contributed by atoms with E-state index in [4.69, 9.17) is 26.2 Å². The van der Waals surface area contributed by atoms with Crippen molar-refractivity contribution in [2.24, 2.45) is 0 Å². The molecule has 3 rings (SSSR count). The largest absolute Gasteiger partial charge is 0.496 e. The lowest BCUT2D eigenvalue weighted by atomic mass is 9.88. The van der Waals surface area contributed by atoms with Crippen LogP contribution in [0.2, 0.25) is 5.02 Å². The number of hydrogen-bond donors (Lipinski definition) is 1. The summed E-state index contributed by atoms with van der Waals surface area (Å²) in [6.45, 7) is -0.930. The lowest BCUT2D eigenvalue weighted by Crippen LogP contribution is -2.40. The summed E-state index contributed by atoms with van der Waals surface area (Å²) in [5.41, 5.74) is -5.39. The number of nitrogens with zero attached hydrogens (tertiary/aromatic N) is 1. The quantitative estimate of drug-likeness (QED) is 0.460. The molecule has 0 spiro atoms. The first kappa shape index (κ1) is 24.3. The molecule has 12 heteroatoms. The Morgan fingerprint density at radius 3 is 2.42 bits per heavy atom. The van der Waals surface area contributed by atoms with Crippen molar-refractivity contribution in [2.75, 3.05) is 18.7 Å². The molecule has 0 saturated heterocycles. The smallest absolute Gasteiger partial charge is 0.416 e. The number of benzene rings is 2. The molecule has 0 aromatic heterocycles. The Labute approximate surface area is 189 Å². The molecule has 1 heterocycles. The Bertz CT molecular complexity index is 1120. The summed E-state index contributed by atoms with van der Waals surface area (Å²) < 4.78 is 66.3. The highest BCUT2D eigenvalue weighted by atomic mass is 35.5. The third kappa shape index (κ3) is 4.58. The number of carboxylic acids is 1. The van der Waals surface area contributed by atoms with Crippen LogP contribution in [0.25, 0.3) is 0 Å². The van der Waals surface area contributed by atoms with E-state index in [9.17, 15) is 27.6 Å². The molecule has 1 aliphatic rings. The van der Waals surface area contributed by atoms with Crippen molar-refractivity contribution >= 4 is 35.1 Å². The predicted molar refractivity (Wildman–Crippen MR) is 107 cm³/mol. The van der Waals surface area contributed by atoms with Crippen LogP contribution < -0.4 is 9.64 Å². The Balaban J connectivity index is 2.08. The van der Waals surface area contributed by atoms with Crippen molar-refractivity contribution in [3.05, 3.63) is 58.1 Å². The molecular weight excluding hydrogens is 474 g/mol. The minimum Gasteiger partial charge on any atom is -0.496 e. The zero-order valence-corrected chi connectivity index (χ0v) is 17.7. The van der Waals surface area contributed by atoms with E-state index in [2.05, 4.69) is 0 Å². The highest BCUT2D eigenvalue weighted by Crippen LogP contribution is 2.51. The standard InChI is InChI=1S/C21H16ClF4NO6/c1-32-16-5-3-12(22)9-14(16)20(23)13-4-2-11(21(24,25)26)8-15(13)27(19(20)31)10-33-18(30)7-6-17(28)29/h2-5,8-9H,6-7,10H2,1H3,(H,28,29)/t20-/m0/s1. The number of carboxylic acid groups (broad SMARTS) is 1. The summed E-state index contributed by atoms with van der Waals surface area (Å²) in [7, 11) is 1.21. The molecule has 2 aromatic rings. The minimum absolute atomic E-state index is 0.0441. The van der Waals surface area contributed by atoms with Gasteiger partial charge in [0.25, 0.3) is 5.91 Å². The summed E-state index contributed by atoms with van der Waals surface area (Å²) in [5, 5.41) is 8.68. The van der Waals surface area contributed by atoms with Gasteiger partial charge in [-0.05, 0) is 30.3 Å². The number of methoxy groups -OCH3 is 1. The second-order valence-corrected chi connectivity index (χ2v) is 7.44. The molecule has 1 amide bonds. The van der Waals surface area contributed by atoms with Crippen LogP contribution in [0.1, 0.15) is 29.5 Å². The number of esters is 1. The molecule has 0 unspecified atom stereocenters. The normalized spacial score (nSPS) is 17.6. The van der Waals surface area contributed by atoms with Crippen molar-refractivity contribution in [2.45, 2.75) is 24.7 Å². The molecule has 0 fully saturated rings. The van der Waals surface area contributed by atoms with E-state index in [0.29, 0.717) is 17.0 Å². The van der Waals surface area contributed by atoms with Crippen molar-refractivity contribution in [3.8, 4) is 5.75 Å². The Kier molecular flexibility index (Phi) is 6.55. The van der Waals surface area contributed by atoms with Crippen molar-refractivity contribution in [1.29, 1.82) is 0 Å². The van der Waals surface area contributed by atoms with Gasteiger partial charge in [-0.15, -0.1) is 0 Å². The second kappa shape index (κ2) is 8.89. The fraction of sp³-hybridized carbons (Fsp3) is 0.286. The van der Waals surface area contributed by atoms with Gasteiger partial charge < -0.3 is 14.6 Å². The first-order chi connectivity index (χ1) is 15.4. The summed E-state index contributed by atoms with van der Waals surface area (Å²) in [6.07, 6.45) is -5.90. The van der Waals surface area contributed by atoms with Crippen LogP contribution in [0, 0.1) is 0 Å². The lowest BCUT2D eigenvalue weighted by molar-refractivity contribution is -0.148. The number of fused-ring (bicyclic) bond motifs is 1. The second-order valence-electron chi connectivity index (χ2n) is 7.01. The van der Waals surface area contributed by atoms with E-state index >= 15 is 4.39 Å². The third-order valence-corrected chi connectivity index (χ3v) is 5.19. The first-order valence-corrected chi connectivity index (χ1v) is 9.71. The molecule has 176 valence electrons. The summed E-state index contributed by atoms with van der Waals surface area (Å²) in [6, 6.07) is 5.80. The molecule has 1 atom stereocenters. The van der Waals surface area contributed by atoms with E-state index in [1.165, 1.54) is 19.2 Å². The maximum absolute atomic E-state index is 16.5. The number of ether oxygens (including phenoxy) is 2. The molecule has 2 aromatic carbocycles. The molecule has 0 bridgehead atoms. The Morgan fingerprint density at radius 2 is 1.82 bits per heavy atom. The zero-order valence-electron chi connectivity index (χ0n) is 16.9. The Hall–Kier alpha value is -3.34.